The molecule has 0 aliphatic heterocycles. The number of thiophene rings is 1. The molecule has 3 rings (SSSR count). The summed E-state index contributed by atoms with van der Waals surface area (Å²) >= 11 is 1.48. The van der Waals surface area contributed by atoms with E-state index in [4.69, 9.17) is 4.74 Å². The van der Waals surface area contributed by atoms with Gasteiger partial charge in [-0.3, -0.25) is 14.2 Å². The van der Waals surface area contributed by atoms with Crippen LogP contribution >= 0.6 is 11.3 Å². The second kappa shape index (κ2) is 7.29. The lowest BCUT2D eigenvalue weighted by Gasteiger charge is -2.18. The molecule has 0 fully saturated rings. The maximum atomic E-state index is 12.9. The van der Waals surface area contributed by atoms with Crippen LogP contribution in [0, 0.1) is 13.8 Å². The molecule has 6 nitrogen and oxygen atoms in total. The molecule has 136 valence electrons. The van der Waals surface area contributed by atoms with Gasteiger partial charge >= 0.3 is 0 Å². The third kappa shape index (κ3) is 3.35. The van der Waals surface area contributed by atoms with Crippen molar-refractivity contribution < 1.29 is 9.53 Å². The van der Waals surface area contributed by atoms with Crippen molar-refractivity contribution in [2.75, 3.05) is 11.9 Å². The normalized spacial score (nSPS) is 12.2. The zero-order valence-corrected chi connectivity index (χ0v) is 16.0. The summed E-state index contributed by atoms with van der Waals surface area (Å²) in [6, 6.07) is 8.35. The van der Waals surface area contributed by atoms with Gasteiger partial charge in [0.1, 0.15) is 22.4 Å². The van der Waals surface area contributed by atoms with Gasteiger partial charge in [-0.2, -0.15) is 0 Å². The van der Waals surface area contributed by atoms with Crippen molar-refractivity contribution in [1.29, 1.82) is 0 Å². The third-order valence-corrected chi connectivity index (χ3v) is 5.05. The van der Waals surface area contributed by atoms with Gasteiger partial charge in [-0.15, -0.1) is 11.3 Å². The first-order valence-corrected chi connectivity index (χ1v) is 9.26. The Morgan fingerprint density at radius 2 is 2.08 bits per heavy atom. The first-order chi connectivity index (χ1) is 12.4. The average Bonchev–Trinajstić information content (AvgIpc) is 2.97. The summed E-state index contributed by atoms with van der Waals surface area (Å²) in [6.07, 6.45) is 0. The van der Waals surface area contributed by atoms with Gasteiger partial charge in [-0.25, -0.2) is 4.98 Å². The number of nitrogens with one attached hydrogen (secondary N) is 1. The molecule has 26 heavy (non-hydrogen) atoms. The van der Waals surface area contributed by atoms with Crippen LogP contribution in [0.4, 0.5) is 5.69 Å². The number of carbonyl (C=O) groups excluding carboxylic acids is 1. The van der Waals surface area contributed by atoms with Crippen molar-refractivity contribution in [2.24, 2.45) is 0 Å². The predicted molar refractivity (Wildman–Crippen MR) is 104 cm³/mol. The summed E-state index contributed by atoms with van der Waals surface area (Å²) in [6.45, 7) is 7.76. The number of nitrogens with zero attached hydrogens (tertiary/aromatic N) is 2. The molecule has 0 aliphatic carbocycles. The van der Waals surface area contributed by atoms with Crippen LogP contribution < -0.4 is 15.6 Å². The monoisotopic (exact) mass is 371 g/mol. The number of rotatable bonds is 5. The van der Waals surface area contributed by atoms with E-state index < -0.39 is 6.04 Å². The summed E-state index contributed by atoms with van der Waals surface area (Å²) in [4.78, 5) is 31.8. The summed E-state index contributed by atoms with van der Waals surface area (Å²) < 4.78 is 6.97. The minimum atomic E-state index is -0.700. The van der Waals surface area contributed by atoms with Gasteiger partial charge in [-0.05, 0) is 45.9 Å². The van der Waals surface area contributed by atoms with E-state index in [0.717, 1.165) is 4.88 Å². The van der Waals surface area contributed by atoms with E-state index in [1.54, 1.807) is 26.0 Å². The Hall–Kier alpha value is -2.67. The molecule has 2 heterocycles. The molecule has 0 aliphatic rings. The number of amides is 1. The van der Waals surface area contributed by atoms with E-state index in [1.165, 1.54) is 15.9 Å². The zero-order valence-electron chi connectivity index (χ0n) is 15.2. The Morgan fingerprint density at radius 1 is 1.35 bits per heavy atom. The van der Waals surface area contributed by atoms with Crippen LogP contribution in [0.5, 0.6) is 5.75 Å². The molecule has 1 N–H and O–H groups in total. The fourth-order valence-corrected chi connectivity index (χ4v) is 3.79. The first kappa shape index (κ1) is 18.1. The van der Waals surface area contributed by atoms with Crippen molar-refractivity contribution in [2.45, 2.75) is 33.7 Å². The van der Waals surface area contributed by atoms with Crippen LogP contribution in [0.3, 0.4) is 0 Å². The molecule has 1 atom stereocenters. The zero-order chi connectivity index (χ0) is 18.8. The summed E-state index contributed by atoms with van der Waals surface area (Å²) in [5.74, 6) is 0.821. The molecular weight excluding hydrogens is 350 g/mol. The number of aryl methyl sites for hydroxylation is 2. The van der Waals surface area contributed by atoms with Crippen molar-refractivity contribution in [1.82, 2.24) is 9.55 Å². The van der Waals surface area contributed by atoms with Gasteiger partial charge in [0.25, 0.3) is 5.56 Å². The highest BCUT2D eigenvalue weighted by atomic mass is 32.1. The van der Waals surface area contributed by atoms with Gasteiger partial charge in [0.05, 0.1) is 17.7 Å². The van der Waals surface area contributed by atoms with Crippen molar-refractivity contribution in [3.8, 4) is 5.75 Å². The molecular formula is C19H21N3O3S. The summed E-state index contributed by atoms with van der Waals surface area (Å²) in [5, 5.41) is 3.40. The molecule has 1 aromatic carbocycles. The topological polar surface area (TPSA) is 73.2 Å². The number of para-hydroxylation sites is 2. The molecule has 0 radical (unpaired) electrons. The number of hydrogen-bond donors (Lipinski definition) is 1. The Labute approximate surface area is 155 Å². The number of benzene rings is 1. The SMILES string of the molecule is CCOc1ccccc1NC(=O)C(C)n1c(C)nc2sc(C)cc2c1=O. The quantitative estimate of drug-likeness (QED) is 0.743. The van der Waals surface area contributed by atoms with Crippen molar-refractivity contribution in [3.63, 3.8) is 0 Å². The maximum absolute atomic E-state index is 12.9. The number of ether oxygens (including phenoxy) is 1. The third-order valence-electron chi connectivity index (χ3n) is 4.11. The highest BCUT2D eigenvalue weighted by Crippen LogP contribution is 2.25. The molecule has 0 saturated carbocycles. The Balaban J connectivity index is 1.94. The molecule has 7 heteroatoms. The van der Waals surface area contributed by atoms with E-state index in [2.05, 4.69) is 10.3 Å². The molecule has 1 amide bonds. The van der Waals surface area contributed by atoms with Gasteiger partial charge in [0, 0.05) is 4.88 Å². The van der Waals surface area contributed by atoms with Crippen molar-refractivity contribution >= 4 is 33.1 Å². The lowest BCUT2D eigenvalue weighted by Crippen LogP contribution is -2.33. The fourth-order valence-electron chi connectivity index (χ4n) is 2.88. The van der Waals surface area contributed by atoms with Gasteiger partial charge < -0.3 is 10.1 Å². The fraction of sp³-hybridized carbons (Fsp3) is 0.316. The number of hydrogen-bond acceptors (Lipinski definition) is 5. The second-order valence-electron chi connectivity index (χ2n) is 6.00. The molecule has 1 unspecified atom stereocenters. The van der Waals surface area contributed by atoms with Crippen LogP contribution in [0.2, 0.25) is 0 Å². The van der Waals surface area contributed by atoms with Gasteiger partial charge in [-0.1, -0.05) is 12.1 Å². The average molecular weight is 371 g/mol. The van der Waals surface area contributed by atoms with Crippen LogP contribution in [0.15, 0.2) is 35.1 Å². The van der Waals surface area contributed by atoms with E-state index in [0.29, 0.717) is 34.1 Å². The Morgan fingerprint density at radius 3 is 2.81 bits per heavy atom. The minimum Gasteiger partial charge on any atom is -0.492 e. The molecule has 0 saturated heterocycles. The predicted octanol–water partition coefficient (Wildman–Crippen LogP) is 3.67. The molecule has 3 aromatic rings. The molecule has 0 bridgehead atoms. The lowest BCUT2D eigenvalue weighted by atomic mass is 10.2. The number of carbonyl (C=O) groups is 1. The minimum absolute atomic E-state index is 0.197. The standard InChI is InChI=1S/C19H21N3O3S/c1-5-25-16-9-7-6-8-15(16)21-17(23)12(3)22-13(4)20-18-14(19(22)24)10-11(2)26-18/h6-10,12H,5H2,1-4H3,(H,21,23). The summed E-state index contributed by atoms with van der Waals surface area (Å²) in [7, 11) is 0. The second-order valence-corrected chi connectivity index (χ2v) is 7.24. The largest absolute Gasteiger partial charge is 0.492 e. The lowest BCUT2D eigenvalue weighted by molar-refractivity contribution is -0.118. The van der Waals surface area contributed by atoms with Crippen LogP contribution in [0.1, 0.15) is 30.6 Å². The highest BCUT2D eigenvalue weighted by molar-refractivity contribution is 7.18. The van der Waals surface area contributed by atoms with E-state index >= 15 is 0 Å². The molecule has 0 spiro atoms. The highest BCUT2D eigenvalue weighted by Gasteiger charge is 2.22. The number of fused-ring (bicyclic) bond motifs is 1. The van der Waals surface area contributed by atoms with Crippen LogP contribution in [-0.4, -0.2) is 22.1 Å². The maximum Gasteiger partial charge on any atom is 0.263 e. The molecule has 2 aromatic heterocycles. The van der Waals surface area contributed by atoms with Gasteiger partial charge in [0.2, 0.25) is 5.91 Å². The van der Waals surface area contributed by atoms with E-state index in [1.807, 2.05) is 32.0 Å². The van der Waals surface area contributed by atoms with Gasteiger partial charge in [0.15, 0.2) is 0 Å². The summed E-state index contributed by atoms with van der Waals surface area (Å²) in [5.41, 5.74) is 0.384. The Kier molecular flexibility index (Phi) is 5.08. The van der Waals surface area contributed by atoms with E-state index in [9.17, 15) is 9.59 Å². The smallest absolute Gasteiger partial charge is 0.263 e. The Bertz CT molecular complexity index is 1020. The van der Waals surface area contributed by atoms with Crippen LogP contribution in [-0.2, 0) is 4.79 Å². The van der Waals surface area contributed by atoms with E-state index in [-0.39, 0.29) is 11.5 Å². The number of aromatic nitrogens is 2. The first-order valence-electron chi connectivity index (χ1n) is 8.44. The van der Waals surface area contributed by atoms with Crippen molar-refractivity contribution in [3.05, 3.63) is 51.4 Å². The number of anilines is 1. The van der Waals surface area contributed by atoms with Crippen LogP contribution in [0.25, 0.3) is 10.2 Å².